The summed E-state index contributed by atoms with van der Waals surface area (Å²) in [6, 6.07) is 0. The van der Waals surface area contributed by atoms with Crippen molar-refractivity contribution < 1.29 is 83.7 Å². The zero-order chi connectivity index (χ0) is 18.6. The van der Waals surface area contributed by atoms with Crippen LogP contribution in [0.3, 0.4) is 0 Å². The maximum absolute atomic E-state index is 6.44. The molecule has 0 N–H and O–H groups in total. The van der Waals surface area contributed by atoms with Crippen molar-refractivity contribution in [3.63, 3.8) is 0 Å². The van der Waals surface area contributed by atoms with Crippen molar-refractivity contribution in [1.29, 1.82) is 0 Å². The molecule has 0 aromatic rings. The minimum absolute atomic E-state index is 0. The van der Waals surface area contributed by atoms with E-state index in [0.717, 1.165) is 34.4 Å². The first-order chi connectivity index (χ1) is 11.3. The van der Waals surface area contributed by atoms with Gasteiger partial charge in [0.1, 0.15) is 0 Å². The zero-order valence-electron chi connectivity index (χ0n) is 15.7. The van der Waals surface area contributed by atoms with Gasteiger partial charge in [0.25, 0.3) is 0 Å². The van der Waals surface area contributed by atoms with Gasteiger partial charge in [-0.2, -0.15) is 0 Å². The Labute approximate surface area is 307 Å². The van der Waals surface area contributed by atoms with Gasteiger partial charge in [-0.05, 0) is 0 Å². The van der Waals surface area contributed by atoms with Gasteiger partial charge in [-0.3, -0.25) is 0 Å². The quantitative estimate of drug-likeness (QED) is 0.134. The molecular weight excluding hydrogens is 1200 g/mol. The molecule has 0 amide bonds. The maximum Gasteiger partial charge on any atom is 2.00 e. The second-order valence-corrected chi connectivity index (χ2v) is 9.64. The van der Waals surface area contributed by atoms with E-state index < -0.39 is 16.6 Å². The van der Waals surface area contributed by atoms with Gasteiger partial charge >= 0.3 is 18.6 Å². The van der Waals surface area contributed by atoms with E-state index in [1.807, 2.05) is 0 Å². The minimum Gasteiger partial charge on any atom is -0.528 e. The molecular formula is C17H21I6O2V4-3. The molecule has 1 aliphatic carbocycles. The molecule has 0 aromatic carbocycles. The van der Waals surface area contributed by atoms with Crippen LogP contribution in [0.1, 0.15) is 0 Å². The van der Waals surface area contributed by atoms with E-state index in [9.17, 15) is 0 Å². The van der Waals surface area contributed by atoms with E-state index in [4.69, 9.17) is 9.47 Å². The molecule has 1 aliphatic rings. The second kappa shape index (κ2) is 20.7. The van der Waals surface area contributed by atoms with E-state index >= 15 is 0 Å². The van der Waals surface area contributed by atoms with Gasteiger partial charge in [-0.1, -0.05) is 141 Å². The molecule has 0 aliphatic heterocycles. The molecule has 0 unspecified atom stereocenters. The predicted octanol–water partition coefficient (Wildman–Crippen LogP) is 6.99. The number of allylic oxidation sites excluding steroid dienone is 2. The molecule has 0 saturated carbocycles. The molecule has 0 saturated heterocycles. The van der Waals surface area contributed by atoms with E-state index in [2.05, 4.69) is 162 Å². The van der Waals surface area contributed by atoms with Crippen molar-refractivity contribution in [2.75, 3.05) is 26.9 Å². The Morgan fingerprint density at radius 1 is 0.759 bits per heavy atom. The van der Waals surface area contributed by atoms with E-state index in [1.165, 1.54) is 0 Å². The fraction of sp³-hybridized carbons (Fsp3) is 0.529. The molecule has 29 heavy (non-hydrogen) atoms. The zero-order valence-corrected chi connectivity index (χ0v) is 34.3. The molecule has 0 heterocycles. The Bertz CT molecular complexity index is 490. The van der Waals surface area contributed by atoms with Gasteiger partial charge in [-0.25, -0.2) is 0 Å². The largest absolute Gasteiger partial charge is 2.00 e. The number of halogens is 6. The molecule has 1 rings (SSSR count). The van der Waals surface area contributed by atoms with Crippen molar-refractivity contribution in [3.8, 4) is 0 Å². The molecule has 2 nitrogen and oxygen atoms in total. The average molecular weight is 1220 g/mol. The van der Waals surface area contributed by atoms with Crippen LogP contribution in [0.4, 0.5) is 0 Å². The molecule has 0 spiro atoms. The summed E-state index contributed by atoms with van der Waals surface area (Å²) in [5.41, 5.74) is 1.11. The molecule has 12 heteroatoms. The summed E-state index contributed by atoms with van der Waals surface area (Å²) < 4.78 is 17.3. The van der Waals surface area contributed by atoms with Crippen LogP contribution in [0.2, 0.25) is 0 Å². The third-order valence-electron chi connectivity index (χ3n) is 4.46. The van der Waals surface area contributed by atoms with Crippen LogP contribution in [0.5, 0.6) is 0 Å². The second-order valence-electron chi connectivity index (χ2n) is 5.34. The summed E-state index contributed by atoms with van der Waals surface area (Å²) in [5, 5.41) is 0. The van der Waals surface area contributed by atoms with Gasteiger partial charge in [0, 0.05) is 73.4 Å². The summed E-state index contributed by atoms with van der Waals surface area (Å²) in [6.07, 6.45) is 3.36. The summed E-state index contributed by atoms with van der Waals surface area (Å²) in [4.78, 5) is 0. The van der Waals surface area contributed by atoms with E-state index in [0.29, 0.717) is 9.23 Å². The van der Waals surface area contributed by atoms with Crippen LogP contribution in [0, 0.1) is 39.7 Å². The molecule has 0 aromatic heterocycles. The molecule has 0 bridgehead atoms. The van der Waals surface area contributed by atoms with Crippen molar-refractivity contribution in [3.05, 3.63) is 51.0 Å². The molecule has 0 fully saturated rings. The average Bonchev–Trinajstić information content (AvgIpc) is 2.82. The standard InChI is InChI=1S/C16H18I6O2.CH3.4V/c1-11-4-12(2)16(13(11)3,14(5-17,6-18)23-9-21)15(7-19,8-20)24-10-22;;;;;/h1-3,5-10H2;1H3;;;;/q-4;-1;;;;+2. The summed E-state index contributed by atoms with van der Waals surface area (Å²) in [5.74, 6) is 0. The van der Waals surface area contributed by atoms with E-state index in [-0.39, 0.29) is 81.6 Å². The molecule has 4 radical (unpaired) electrons. The molecule has 0 atom stereocenters. The van der Waals surface area contributed by atoms with Gasteiger partial charge in [0.05, 0.1) is 20.4 Å². The third kappa shape index (κ3) is 8.36. The Hall–Kier alpha value is 5.73. The van der Waals surface area contributed by atoms with Gasteiger partial charge < -0.3 is 60.5 Å². The van der Waals surface area contributed by atoms with Crippen LogP contribution in [-0.2, 0) is 83.7 Å². The van der Waals surface area contributed by atoms with Gasteiger partial charge in [0.15, 0.2) is 0 Å². The van der Waals surface area contributed by atoms with Crippen LogP contribution in [-0.4, -0.2) is 38.1 Å². The van der Waals surface area contributed by atoms with Crippen LogP contribution in [0.15, 0.2) is 16.7 Å². The van der Waals surface area contributed by atoms with Crippen molar-refractivity contribution in [1.82, 2.24) is 0 Å². The van der Waals surface area contributed by atoms with Crippen molar-refractivity contribution in [2.45, 2.75) is 11.2 Å². The monoisotopic (exact) mass is 1220 g/mol. The summed E-state index contributed by atoms with van der Waals surface area (Å²) >= 11 is 14.2. The smallest absolute Gasteiger partial charge is 0.528 e. The number of rotatable bonds is 10. The first-order valence-electron chi connectivity index (χ1n) is 6.81. The van der Waals surface area contributed by atoms with Crippen LogP contribution < -0.4 is 0 Å². The normalized spacial score (nSPS) is 15.0. The predicted molar refractivity (Wildman–Crippen MR) is 160 cm³/mol. The maximum atomic E-state index is 6.44. The minimum atomic E-state index is -0.571. The van der Waals surface area contributed by atoms with Crippen molar-refractivity contribution in [2.24, 2.45) is 5.41 Å². The number of alkyl halides is 6. The topological polar surface area (TPSA) is 18.5 Å². The van der Waals surface area contributed by atoms with Crippen molar-refractivity contribution >= 4 is 136 Å². The summed E-state index contributed by atoms with van der Waals surface area (Å²) in [7, 11) is 0. The number of hydrogen-bond acceptors (Lipinski definition) is 2. The Morgan fingerprint density at radius 3 is 1.24 bits per heavy atom. The Kier molecular flexibility index (Phi) is 32.0. The van der Waals surface area contributed by atoms with Gasteiger partial charge in [-0.15, -0.1) is 0 Å². The Morgan fingerprint density at radius 2 is 1.07 bits per heavy atom. The van der Waals surface area contributed by atoms with Gasteiger partial charge in [0.2, 0.25) is 0 Å². The SMILES string of the molecule is [CH2-]C1=[C-]C([CH2-])=C([CH2-])C1(C(CI)(CI)OCI)C(CI)(CI)OCI.[CH3-].[V+2].[V].[V].[V]. The first kappa shape index (κ1) is 44.7. The fourth-order valence-electron chi connectivity index (χ4n) is 3.33. The fourth-order valence-corrected chi connectivity index (χ4v) is 10.8. The third-order valence-corrected chi connectivity index (χ3v) is 10.0. The van der Waals surface area contributed by atoms with Crippen LogP contribution >= 0.6 is 136 Å². The molecule has 166 valence electrons. The van der Waals surface area contributed by atoms with E-state index in [1.54, 1.807) is 0 Å². The van der Waals surface area contributed by atoms with Crippen LogP contribution in [0.25, 0.3) is 0 Å². The summed E-state index contributed by atoms with van der Waals surface area (Å²) in [6.45, 7) is 13.0. The Balaban J connectivity index is -0.000000384. The first-order valence-corrected chi connectivity index (χ1v) is 16.0. The number of hydrogen-bond donors (Lipinski definition) is 0. The number of ether oxygens (including phenoxy) is 2.